The van der Waals surface area contributed by atoms with Crippen LogP contribution in [0.2, 0.25) is 0 Å². The molecule has 8 heteroatoms. The van der Waals surface area contributed by atoms with Crippen molar-refractivity contribution < 1.29 is 5.11 Å². The third-order valence-electron chi connectivity index (χ3n) is 8.27. The third kappa shape index (κ3) is 6.68. The fourth-order valence-electron chi connectivity index (χ4n) is 5.80. The summed E-state index contributed by atoms with van der Waals surface area (Å²) in [5.74, 6) is 0.745. The van der Waals surface area contributed by atoms with Gasteiger partial charge in [0.15, 0.2) is 5.82 Å². The summed E-state index contributed by atoms with van der Waals surface area (Å²) < 4.78 is 0. The molecule has 8 nitrogen and oxygen atoms in total. The number of aromatic nitrogens is 4. The van der Waals surface area contributed by atoms with E-state index < -0.39 is 0 Å². The van der Waals surface area contributed by atoms with Gasteiger partial charge < -0.3 is 21.1 Å². The first-order valence-corrected chi connectivity index (χ1v) is 15.5. The van der Waals surface area contributed by atoms with Gasteiger partial charge in [-0.25, -0.2) is 4.98 Å². The highest BCUT2D eigenvalue weighted by molar-refractivity contribution is 5.91. The molecule has 0 unspecified atom stereocenters. The van der Waals surface area contributed by atoms with Gasteiger partial charge in [-0.3, -0.25) is 15.0 Å². The maximum atomic E-state index is 9.06. The zero-order valence-electron chi connectivity index (χ0n) is 26.1. The predicted molar refractivity (Wildman–Crippen MR) is 183 cm³/mol. The fourth-order valence-corrected chi connectivity index (χ4v) is 5.80. The molecule has 4 aromatic heterocycles. The summed E-state index contributed by atoms with van der Waals surface area (Å²) in [6.45, 7) is 9.50. The SMILES string of the molecule is CCNCc1cnc2c(Nc3cccc(-c4cccc(Cc5nccc6cc(CNCCO)cnc56)c4C)c3C)nccc2c1. The second-order valence-corrected chi connectivity index (χ2v) is 11.3. The van der Waals surface area contributed by atoms with Gasteiger partial charge in [-0.2, -0.15) is 0 Å². The lowest BCUT2D eigenvalue weighted by molar-refractivity contribution is 0.292. The monoisotopic (exact) mass is 597 g/mol. The number of fused-ring (bicyclic) bond motifs is 2. The largest absolute Gasteiger partial charge is 0.395 e. The Hall–Kier alpha value is -4.76. The molecule has 0 bridgehead atoms. The van der Waals surface area contributed by atoms with Gasteiger partial charge >= 0.3 is 0 Å². The van der Waals surface area contributed by atoms with Crippen LogP contribution in [0.3, 0.4) is 0 Å². The van der Waals surface area contributed by atoms with Crippen molar-refractivity contribution in [1.29, 1.82) is 0 Å². The second-order valence-electron chi connectivity index (χ2n) is 11.3. The molecule has 0 aliphatic carbocycles. The number of benzene rings is 2. The fraction of sp³-hybridized carbons (Fsp3) is 0.243. The minimum atomic E-state index is 0.116. The van der Waals surface area contributed by atoms with Crippen molar-refractivity contribution in [3.8, 4) is 11.1 Å². The quantitative estimate of drug-likeness (QED) is 0.120. The Morgan fingerprint density at radius 1 is 0.711 bits per heavy atom. The van der Waals surface area contributed by atoms with Crippen molar-refractivity contribution in [2.45, 2.75) is 40.3 Å². The van der Waals surface area contributed by atoms with Crippen LogP contribution in [-0.2, 0) is 19.5 Å². The number of pyridine rings is 4. The van der Waals surface area contributed by atoms with E-state index in [4.69, 9.17) is 20.1 Å². The molecule has 0 spiro atoms. The standard InChI is InChI=1S/C37H39N7O/c1-4-38-20-26-18-30-12-14-41-37(36(30)43-23-26)44-33-10-6-9-32(25(33)3)31-8-5-7-28(24(31)2)19-34-35-29(11-13-40-34)17-27(22-42-35)21-39-15-16-45/h5-14,17-18,22-23,38-39,45H,4,15-16,19-21H2,1-3H3,(H,41,44). The van der Waals surface area contributed by atoms with E-state index in [-0.39, 0.29) is 6.61 Å². The molecule has 6 aromatic rings. The first kappa shape index (κ1) is 30.3. The van der Waals surface area contributed by atoms with E-state index in [9.17, 15) is 0 Å². The smallest absolute Gasteiger partial charge is 0.156 e. The predicted octanol–water partition coefficient (Wildman–Crippen LogP) is 6.38. The van der Waals surface area contributed by atoms with Crippen molar-refractivity contribution in [3.63, 3.8) is 0 Å². The van der Waals surface area contributed by atoms with Crippen molar-refractivity contribution in [1.82, 2.24) is 30.6 Å². The number of hydrogen-bond donors (Lipinski definition) is 4. The Morgan fingerprint density at radius 3 is 2.13 bits per heavy atom. The van der Waals surface area contributed by atoms with Gasteiger partial charge in [0, 0.05) is 67.3 Å². The summed E-state index contributed by atoms with van der Waals surface area (Å²) in [5.41, 5.74) is 11.9. The lowest BCUT2D eigenvalue weighted by Crippen LogP contribution is -2.17. The maximum absolute atomic E-state index is 9.06. The highest BCUT2D eigenvalue weighted by atomic mass is 16.3. The van der Waals surface area contributed by atoms with Crippen molar-refractivity contribution in [2.75, 3.05) is 25.0 Å². The first-order chi connectivity index (χ1) is 22.1. The van der Waals surface area contributed by atoms with E-state index in [1.807, 2.05) is 36.9 Å². The van der Waals surface area contributed by atoms with E-state index in [1.54, 1.807) is 0 Å². The van der Waals surface area contributed by atoms with Gasteiger partial charge in [-0.1, -0.05) is 37.3 Å². The Morgan fingerprint density at radius 2 is 1.38 bits per heavy atom. The van der Waals surface area contributed by atoms with Crippen molar-refractivity contribution in [3.05, 3.63) is 119 Å². The van der Waals surface area contributed by atoms with Gasteiger partial charge in [0.1, 0.15) is 5.52 Å². The lowest BCUT2D eigenvalue weighted by Gasteiger charge is -2.17. The summed E-state index contributed by atoms with van der Waals surface area (Å²) in [6.07, 6.45) is 8.20. The molecule has 0 fully saturated rings. The Labute approximate surface area is 264 Å². The van der Waals surface area contributed by atoms with Crippen LogP contribution < -0.4 is 16.0 Å². The number of aliphatic hydroxyl groups is 1. The number of hydrogen-bond acceptors (Lipinski definition) is 8. The number of aliphatic hydroxyl groups excluding tert-OH is 1. The highest BCUT2D eigenvalue weighted by Crippen LogP contribution is 2.35. The molecule has 0 aliphatic rings. The molecule has 4 N–H and O–H groups in total. The summed E-state index contributed by atoms with van der Waals surface area (Å²) in [4.78, 5) is 18.9. The Bertz CT molecular complexity index is 1960. The van der Waals surface area contributed by atoms with Crippen LogP contribution in [0.5, 0.6) is 0 Å². The van der Waals surface area contributed by atoms with Crippen molar-refractivity contribution in [2.24, 2.45) is 0 Å². The normalized spacial score (nSPS) is 11.4. The zero-order chi connectivity index (χ0) is 31.2. The molecule has 45 heavy (non-hydrogen) atoms. The molecule has 4 heterocycles. The van der Waals surface area contributed by atoms with Gasteiger partial charge in [-0.15, -0.1) is 0 Å². The highest BCUT2D eigenvalue weighted by Gasteiger charge is 2.15. The minimum Gasteiger partial charge on any atom is -0.395 e. The second kappa shape index (κ2) is 13.9. The number of anilines is 2. The molecule has 228 valence electrons. The molecule has 0 saturated heterocycles. The van der Waals surface area contributed by atoms with Crippen molar-refractivity contribution >= 4 is 33.3 Å². The summed E-state index contributed by atoms with van der Waals surface area (Å²) in [6, 6.07) is 21.2. The average molecular weight is 598 g/mol. The van der Waals surface area contributed by atoms with E-state index in [0.29, 0.717) is 19.5 Å². The average Bonchev–Trinajstić information content (AvgIpc) is 3.06. The van der Waals surface area contributed by atoms with Gasteiger partial charge in [-0.05, 0) is 89.7 Å². The van der Waals surface area contributed by atoms with Crippen LogP contribution >= 0.6 is 0 Å². The third-order valence-corrected chi connectivity index (χ3v) is 8.27. The maximum Gasteiger partial charge on any atom is 0.156 e. The molecular formula is C37H39N7O. The first-order valence-electron chi connectivity index (χ1n) is 15.5. The summed E-state index contributed by atoms with van der Waals surface area (Å²) >= 11 is 0. The van der Waals surface area contributed by atoms with Gasteiger partial charge in [0.2, 0.25) is 0 Å². The number of nitrogens with zero attached hydrogens (tertiary/aromatic N) is 4. The summed E-state index contributed by atoms with van der Waals surface area (Å²) in [5, 5.41) is 21.4. The topological polar surface area (TPSA) is 108 Å². The van der Waals surface area contributed by atoms with Crippen LogP contribution in [0.1, 0.15) is 40.4 Å². The number of rotatable bonds is 12. The lowest BCUT2D eigenvalue weighted by atomic mass is 9.91. The van der Waals surface area contributed by atoms with Gasteiger partial charge in [0.05, 0.1) is 17.8 Å². The molecule has 0 atom stereocenters. The van der Waals surface area contributed by atoms with Crippen LogP contribution in [0, 0.1) is 13.8 Å². The molecule has 0 radical (unpaired) electrons. The van der Waals surface area contributed by atoms with E-state index in [0.717, 1.165) is 68.8 Å². The van der Waals surface area contributed by atoms with Crippen LogP contribution in [0.25, 0.3) is 32.9 Å². The van der Waals surface area contributed by atoms with Crippen LogP contribution in [-0.4, -0.2) is 44.7 Å². The number of nitrogens with one attached hydrogen (secondary N) is 3. The molecule has 0 aliphatic heterocycles. The van der Waals surface area contributed by atoms with Gasteiger partial charge in [0.25, 0.3) is 0 Å². The molecule has 0 amide bonds. The van der Waals surface area contributed by atoms with E-state index >= 15 is 0 Å². The van der Waals surface area contributed by atoms with Crippen LogP contribution in [0.15, 0.2) is 85.5 Å². The van der Waals surface area contributed by atoms with E-state index in [1.165, 1.54) is 22.3 Å². The zero-order valence-corrected chi connectivity index (χ0v) is 26.1. The van der Waals surface area contributed by atoms with E-state index in [2.05, 4.69) is 90.2 Å². The Kier molecular flexibility index (Phi) is 9.35. The Balaban J connectivity index is 1.28. The molecular weight excluding hydrogens is 558 g/mol. The summed E-state index contributed by atoms with van der Waals surface area (Å²) in [7, 11) is 0. The molecule has 6 rings (SSSR count). The van der Waals surface area contributed by atoms with Crippen LogP contribution in [0.4, 0.5) is 11.5 Å². The molecule has 2 aromatic carbocycles. The molecule has 0 saturated carbocycles. The minimum absolute atomic E-state index is 0.116.